The van der Waals surface area contributed by atoms with E-state index in [1.807, 2.05) is 36.4 Å². The van der Waals surface area contributed by atoms with E-state index in [9.17, 15) is 0 Å². The van der Waals surface area contributed by atoms with Gasteiger partial charge in [0.2, 0.25) is 6.61 Å². The van der Waals surface area contributed by atoms with Crippen LogP contribution < -0.4 is 4.74 Å². The first-order valence-electron chi connectivity index (χ1n) is 5.01. The highest BCUT2D eigenvalue weighted by atomic mass is 16.5. The summed E-state index contributed by atoms with van der Waals surface area (Å²) in [6, 6.07) is 18.4. The van der Waals surface area contributed by atoms with Crippen LogP contribution in [-0.2, 0) is 0 Å². The van der Waals surface area contributed by atoms with Crippen LogP contribution >= 0.6 is 0 Å². The van der Waals surface area contributed by atoms with Crippen molar-refractivity contribution in [3.8, 4) is 5.75 Å². The fourth-order valence-corrected chi connectivity index (χ4v) is 1.89. The summed E-state index contributed by atoms with van der Waals surface area (Å²) in [5, 5.41) is 0. The minimum absolute atomic E-state index is 0.155. The molecule has 2 radical (unpaired) electrons. The summed E-state index contributed by atoms with van der Waals surface area (Å²) in [7, 11) is 0. The Hall–Kier alpha value is -1.76. The van der Waals surface area contributed by atoms with Crippen molar-refractivity contribution in [2.45, 2.75) is 5.92 Å². The Labute approximate surface area is 89.3 Å². The number of hydrogen-bond acceptors (Lipinski definition) is 1. The Balaban J connectivity index is 2.05. The predicted molar refractivity (Wildman–Crippen MR) is 58.6 cm³/mol. The Morgan fingerprint density at radius 3 is 2.47 bits per heavy atom. The number of para-hydroxylation sites is 1. The number of hydrogen-bond donors (Lipinski definition) is 0. The lowest BCUT2D eigenvalue weighted by Gasteiger charge is -2.06. The van der Waals surface area contributed by atoms with Crippen molar-refractivity contribution in [1.82, 2.24) is 0 Å². The molecule has 0 aliphatic carbocycles. The maximum absolute atomic E-state index is 5.42. The van der Waals surface area contributed by atoms with Crippen LogP contribution in [0.1, 0.15) is 17.0 Å². The van der Waals surface area contributed by atoms with Crippen LogP contribution in [0.3, 0.4) is 0 Å². The van der Waals surface area contributed by atoms with Crippen LogP contribution in [0.15, 0.2) is 54.6 Å². The first-order chi connectivity index (χ1) is 7.45. The van der Waals surface area contributed by atoms with Gasteiger partial charge in [-0.3, -0.25) is 0 Å². The molecule has 1 nitrogen and oxygen atoms in total. The zero-order valence-corrected chi connectivity index (χ0v) is 8.18. The number of benzene rings is 2. The monoisotopic (exact) mass is 194 g/mol. The summed E-state index contributed by atoms with van der Waals surface area (Å²) in [6.07, 6.45) is 0. The molecule has 15 heavy (non-hydrogen) atoms. The fraction of sp³-hybridized carbons (Fsp3) is 0.0714. The first kappa shape index (κ1) is 8.54. The minimum atomic E-state index is 0.155. The van der Waals surface area contributed by atoms with Gasteiger partial charge >= 0.3 is 0 Å². The highest BCUT2D eigenvalue weighted by Crippen LogP contribution is 2.39. The maximum Gasteiger partial charge on any atom is 0.209 e. The second kappa shape index (κ2) is 3.43. The van der Waals surface area contributed by atoms with Gasteiger partial charge in [0.05, 0.1) is 5.92 Å². The largest absolute Gasteiger partial charge is 0.477 e. The highest BCUT2D eigenvalue weighted by Gasteiger charge is 2.26. The SMILES string of the molecule is [C]1Oc2ccccc2C1c1ccccc1. The van der Waals surface area contributed by atoms with Gasteiger partial charge in [-0.05, 0) is 11.6 Å². The van der Waals surface area contributed by atoms with Gasteiger partial charge in [0.25, 0.3) is 0 Å². The van der Waals surface area contributed by atoms with Gasteiger partial charge in [0.1, 0.15) is 5.75 Å². The van der Waals surface area contributed by atoms with Crippen LogP contribution in [0.2, 0.25) is 0 Å². The average molecular weight is 194 g/mol. The van der Waals surface area contributed by atoms with E-state index in [4.69, 9.17) is 4.74 Å². The number of fused-ring (bicyclic) bond motifs is 1. The quantitative estimate of drug-likeness (QED) is 0.677. The second-order valence-corrected chi connectivity index (χ2v) is 3.60. The van der Waals surface area contributed by atoms with Gasteiger partial charge in [-0.2, -0.15) is 0 Å². The Morgan fingerprint density at radius 2 is 1.60 bits per heavy atom. The van der Waals surface area contributed by atoms with Crippen LogP contribution in [0.5, 0.6) is 5.75 Å². The van der Waals surface area contributed by atoms with Crippen LogP contribution in [0.4, 0.5) is 0 Å². The maximum atomic E-state index is 5.42. The summed E-state index contributed by atoms with van der Waals surface area (Å²) in [4.78, 5) is 0. The van der Waals surface area contributed by atoms with E-state index in [1.165, 1.54) is 11.1 Å². The lowest BCUT2D eigenvalue weighted by molar-refractivity contribution is 0.424. The van der Waals surface area contributed by atoms with E-state index in [1.54, 1.807) is 0 Å². The molecule has 3 rings (SSSR count). The molecule has 0 fully saturated rings. The van der Waals surface area contributed by atoms with Crippen molar-refractivity contribution in [3.63, 3.8) is 0 Å². The smallest absolute Gasteiger partial charge is 0.209 e. The van der Waals surface area contributed by atoms with Crippen molar-refractivity contribution < 1.29 is 4.74 Å². The molecule has 0 amide bonds. The molecule has 0 spiro atoms. The second-order valence-electron chi connectivity index (χ2n) is 3.60. The fourth-order valence-electron chi connectivity index (χ4n) is 1.89. The predicted octanol–water partition coefficient (Wildman–Crippen LogP) is 3.25. The molecule has 1 aliphatic heterocycles. The lowest BCUT2D eigenvalue weighted by atomic mass is 9.93. The molecule has 1 unspecified atom stereocenters. The van der Waals surface area contributed by atoms with E-state index < -0.39 is 0 Å². The molecule has 72 valence electrons. The third-order valence-corrected chi connectivity index (χ3v) is 2.65. The average Bonchev–Trinajstić information content (AvgIpc) is 2.74. The summed E-state index contributed by atoms with van der Waals surface area (Å²) >= 11 is 0. The molecule has 0 N–H and O–H groups in total. The van der Waals surface area contributed by atoms with Crippen LogP contribution in [-0.4, -0.2) is 0 Å². The van der Waals surface area contributed by atoms with Crippen molar-refractivity contribution in [1.29, 1.82) is 0 Å². The first-order valence-corrected chi connectivity index (χ1v) is 5.01. The van der Waals surface area contributed by atoms with Gasteiger partial charge in [-0.25, -0.2) is 0 Å². The van der Waals surface area contributed by atoms with Crippen molar-refractivity contribution in [2.75, 3.05) is 0 Å². The standard InChI is InChI=1S/C14H10O/c1-2-6-11(7-3-1)13-10-15-14-9-5-4-8-12(13)14/h1-9,13H. The van der Waals surface area contributed by atoms with Crippen LogP contribution in [0.25, 0.3) is 0 Å². The molecule has 0 saturated carbocycles. The Bertz CT molecular complexity index is 462. The minimum Gasteiger partial charge on any atom is -0.477 e. The van der Waals surface area contributed by atoms with Crippen LogP contribution in [0, 0.1) is 6.61 Å². The van der Waals surface area contributed by atoms with Crippen molar-refractivity contribution >= 4 is 0 Å². The number of ether oxygens (including phenoxy) is 1. The molecule has 1 atom stereocenters. The third kappa shape index (κ3) is 1.40. The molecule has 2 aromatic carbocycles. The molecule has 0 bridgehead atoms. The third-order valence-electron chi connectivity index (χ3n) is 2.65. The topological polar surface area (TPSA) is 9.23 Å². The molecule has 1 heteroatoms. The van der Waals surface area contributed by atoms with Gasteiger partial charge in [0.15, 0.2) is 0 Å². The molecule has 0 saturated heterocycles. The Morgan fingerprint density at radius 1 is 0.867 bits per heavy atom. The lowest BCUT2D eigenvalue weighted by Crippen LogP contribution is -1.96. The zero-order valence-electron chi connectivity index (χ0n) is 8.18. The zero-order chi connectivity index (χ0) is 10.1. The molecule has 0 aromatic heterocycles. The van der Waals surface area contributed by atoms with Gasteiger partial charge in [-0.1, -0.05) is 48.5 Å². The van der Waals surface area contributed by atoms with Gasteiger partial charge in [0, 0.05) is 5.56 Å². The van der Waals surface area contributed by atoms with Gasteiger partial charge < -0.3 is 4.74 Å². The van der Waals surface area contributed by atoms with Crippen molar-refractivity contribution in [2.24, 2.45) is 0 Å². The summed E-state index contributed by atoms with van der Waals surface area (Å²) in [5.74, 6) is 1.08. The highest BCUT2D eigenvalue weighted by molar-refractivity contribution is 5.47. The molecule has 1 aliphatic rings. The molecular weight excluding hydrogens is 184 g/mol. The molecule has 1 heterocycles. The number of rotatable bonds is 1. The molecule has 2 aromatic rings. The van der Waals surface area contributed by atoms with E-state index in [0.29, 0.717) is 0 Å². The normalized spacial score (nSPS) is 18.3. The van der Waals surface area contributed by atoms with E-state index >= 15 is 0 Å². The van der Waals surface area contributed by atoms with E-state index in [0.717, 1.165) is 5.75 Å². The van der Waals surface area contributed by atoms with Gasteiger partial charge in [-0.15, -0.1) is 0 Å². The molecular formula is C14H10O. The summed E-state index contributed by atoms with van der Waals surface area (Å²) in [5.41, 5.74) is 2.42. The van der Waals surface area contributed by atoms with Crippen molar-refractivity contribution in [3.05, 3.63) is 72.3 Å². The van der Waals surface area contributed by atoms with E-state index in [2.05, 4.69) is 24.8 Å². The summed E-state index contributed by atoms with van der Waals surface area (Å²) in [6.45, 7) is 3.04. The van der Waals surface area contributed by atoms with E-state index in [-0.39, 0.29) is 5.92 Å². The summed E-state index contributed by atoms with van der Waals surface area (Å²) < 4.78 is 5.42. The Kier molecular flexibility index (Phi) is 1.95.